The fraction of sp³-hybridized carbons (Fsp3) is 0.904. The van der Waals surface area contributed by atoms with Crippen LogP contribution in [0, 0.1) is 0 Å². The molecule has 0 aromatic rings. The summed E-state index contributed by atoms with van der Waals surface area (Å²) in [6.07, 6.45) is 53.5. The van der Waals surface area contributed by atoms with Crippen molar-refractivity contribution in [1.82, 2.24) is 0 Å². The zero-order valence-corrected chi connectivity index (χ0v) is 42.0. The first-order valence-electron chi connectivity index (χ1n) is 26.1. The number of phosphoric ester groups is 1. The smallest absolute Gasteiger partial charge is 0.306 e. The Hall–Kier alpha value is -1.02. The second kappa shape index (κ2) is 45.5. The Morgan fingerprint density at radius 2 is 0.934 bits per heavy atom. The maximum atomic E-state index is 12.7. The van der Waals surface area contributed by atoms with E-state index in [1.54, 1.807) is 0 Å². The maximum absolute atomic E-state index is 12.7. The van der Waals surface area contributed by atoms with Gasteiger partial charge < -0.3 is 27.9 Å². The number of hydrogen-bond donors (Lipinski definition) is 0. The normalized spacial score (nSPS) is 13.7. The van der Waals surface area contributed by atoms with Crippen LogP contribution >= 0.6 is 7.82 Å². The Balaban J connectivity index is 4.03. The first kappa shape index (κ1) is 60.0. The van der Waals surface area contributed by atoms with Crippen molar-refractivity contribution in [2.24, 2.45) is 0 Å². The average molecular weight is 884 g/mol. The van der Waals surface area contributed by atoms with Crippen LogP contribution in [0.3, 0.4) is 0 Å². The van der Waals surface area contributed by atoms with Gasteiger partial charge in [0.05, 0.1) is 34.4 Å². The van der Waals surface area contributed by atoms with Crippen LogP contribution in [-0.2, 0) is 27.9 Å². The molecule has 2 unspecified atom stereocenters. The fourth-order valence-corrected chi connectivity index (χ4v) is 8.20. The molecule has 0 rings (SSSR count). The molecule has 0 amide bonds. The highest BCUT2D eigenvalue weighted by Crippen LogP contribution is 2.38. The van der Waals surface area contributed by atoms with Crippen LogP contribution in [0.4, 0.5) is 0 Å². The van der Waals surface area contributed by atoms with Gasteiger partial charge in [0.1, 0.15) is 19.3 Å². The van der Waals surface area contributed by atoms with E-state index in [0.717, 1.165) is 51.4 Å². The summed E-state index contributed by atoms with van der Waals surface area (Å²) < 4.78 is 34.7. The topological polar surface area (TPSA) is 94.1 Å². The van der Waals surface area contributed by atoms with Gasteiger partial charge in [-0.15, -0.1) is 0 Å². The number of ether oxygens (including phenoxy) is 2. The van der Waals surface area contributed by atoms with Gasteiger partial charge in [0.25, 0.3) is 7.82 Å². The molecule has 0 aromatic carbocycles. The van der Waals surface area contributed by atoms with Gasteiger partial charge in [0.15, 0.2) is 0 Å². The number of likely N-dealkylation sites (N-methyl/N-ethyl adjacent to an activating group) is 1. The number of hydrogen-bond acceptors (Lipinski definition) is 7. The van der Waals surface area contributed by atoms with Gasteiger partial charge in [-0.25, -0.2) is 0 Å². The van der Waals surface area contributed by atoms with Crippen molar-refractivity contribution in [3.8, 4) is 0 Å². The van der Waals surface area contributed by atoms with Gasteiger partial charge in [0.2, 0.25) is 0 Å². The van der Waals surface area contributed by atoms with E-state index in [-0.39, 0.29) is 25.8 Å². The molecular formula is C52H102NO7P. The molecule has 2 atom stereocenters. The van der Waals surface area contributed by atoms with Crippen LogP contribution in [0.2, 0.25) is 0 Å². The monoisotopic (exact) mass is 884 g/mol. The van der Waals surface area contributed by atoms with Gasteiger partial charge in [-0.3, -0.25) is 9.36 Å². The second-order valence-electron chi connectivity index (χ2n) is 18.9. The largest absolute Gasteiger partial charge is 0.756 e. The maximum Gasteiger partial charge on any atom is 0.306 e. The number of rotatable bonds is 49. The zero-order valence-electron chi connectivity index (χ0n) is 41.1. The molecule has 0 radical (unpaired) electrons. The first-order valence-corrected chi connectivity index (χ1v) is 27.5. The number of nitrogens with zero attached hydrogens (tertiary/aromatic N) is 1. The van der Waals surface area contributed by atoms with Gasteiger partial charge in [0, 0.05) is 13.0 Å². The lowest BCUT2D eigenvalue weighted by Gasteiger charge is -2.28. The molecule has 0 fully saturated rings. The predicted molar refractivity (Wildman–Crippen MR) is 259 cm³/mol. The third-order valence-corrected chi connectivity index (χ3v) is 12.5. The molecule has 0 aliphatic rings. The molecule has 0 aromatic heterocycles. The Labute approximate surface area is 379 Å². The molecular weight excluding hydrogens is 782 g/mol. The Bertz CT molecular complexity index is 1030. The van der Waals surface area contributed by atoms with Gasteiger partial charge in [-0.05, 0) is 38.5 Å². The summed E-state index contributed by atoms with van der Waals surface area (Å²) in [6, 6.07) is 0. The molecule has 0 aliphatic heterocycles. The molecule has 0 spiro atoms. The third-order valence-electron chi connectivity index (χ3n) is 11.5. The lowest BCUT2D eigenvalue weighted by molar-refractivity contribution is -0.870. The molecule has 362 valence electrons. The van der Waals surface area contributed by atoms with Crippen molar-refractivity contribution >= 4 is 13.8 Å². The van der Waals surface area contributed by atoms with E-state index in [0.29, 0.717) is 24.1 Å². The van der Waals surface area contributed by atoms with Crippen LogP contribution in [0.5, 0.6) is 0 Å². The summed E-state index contributed by atoms with van der Waals surface area (Å²) in [6.45, 7) is 5.37. The SMILES string of the molecule is CCC/C=C\C/C=C\CCCCCCCCOCC(COP(=O)([O-])OCC[N+](C)(C)C)OC(=O)CCCCCCCCCCCCCCCCCCCCCCCCCCC. The van der Waals surface area contributed by atoms with Crippen molar-refractivity contribution in [3.63, 3.8) is 0 Å². The van der Waals surface area contributed by atoms with Crippen molar-refractivity contribution in [1.29, 1.82) is 0 Å². The molecule has 9 heteroatoms. The van der Waals surface area contributed by atoms with E-state index in [1.807, 2.05) is 21.1 Å². The van der Waals surface area contributed by atoms with E-state index in [9.17, 15) is 14.3 Å². The molecule has 0 saturated heterocycles. The van der Waals surface area contributed by atoms with Crippen LogP contribution in [-0.4, -0.2) is 70.7 Å². The quantitative estimate of drug-likeness (QED) is 0.0197. The van der Waals surface area contributed by atoms with Crippen LogP contribution in [0.15, 0.2) is 24.3 Å². The number of unbranched alkanes of at least 4 members (excludes halogenated alkanes) is 31. The number of phosphoric acid groups is 1. The average Bonchev–Trinajstić information content (AvgIpc) is 3.22. The summed E-state index contributed by atoms with van der Waals surface area (Å²) in [5.74, 6) is -0.333. The summed E-state index contributed by atoms with van der Waals surface area (Å²) in [7, 11) is 1.36. The molecule has 61 heavy (non-hydrogen) atoms. The summed E-state index contributed by atoms with van der Waals surface area (Å²) in [5, 5.41) is 0. The fourth-order valence-electron chi connectivity index (χ4n) is 7.47. The Morgan fingerprint density at radius 3 is 1.39 bits per heavy atom. The number of carbonyl (C=O) groups is 1. The van der Waals surface area contributed by atoms with Crippen molar-refractivity contribution in [3.05, 3.63) is 24.3 Å². The van der Waals surface area contributed by atoms with Crippen LogP contribution < -0.4 is 4.89 Å². The minimum Gasteiger partial charge on any atom is -0.756 e. The van der Waals surface area contributed by atoms with E-state index in [1.165, 1.54) is 173 Å². The second-order valence-corrected chi connectivity index (χ2v) is 20.3. The number of esters is 1. The van der Waals surface area contributed by atoms with Gasteiger partial charge >= 0.3 is 5.97 Å². The van der Waals surface area contributed by atoms with Crippen LogP contribution in [0.1, 0.15) is 245 Å². The Kier molecular flexibility index (Phi) is 44.8. The number of carbonyl (C=O) groups excluding carboxylic acids is 1. The zero-order chi connectivity index (χ0) is 44.8. The number of quaternary nitrogens is 1. The van der Waals surface area contributed by atoms with Crippen molar-refractivity contribution < 1.29 is 37.3 Å². The van der Waals surface area contributed by atoms with Gasteiger partial charge in [-0.1, -0.05) is 224 Å². The molecule has 8 nitrogen and oxygen atoms in total. The predicted octanol–water partition coefficient (Wildman–Crippen LogP) is 15.3. The highest BCUT2D eigenvalue weighted by atomic mass is 31.2. The number of allylic oxidation sites excluding steroid dienone is 4. The molecule has 0 N–H and O–H groups in total. The lowest BCUT2D eigenvalue weighted by atomic mass is 10.0. The van der Waals surface area contributed by atoms with Gasteiger partial charge in [-0.2, -0.15) is 0 Å². The van der Waals surface area contributed by atoms with Crippen LogP contribution in [0.25, 0.3) is 0 Å². The summed E-state index contributed by atoms with van der Waals surface area (Å²) >= 11 is 0. The molecule has 0 aliphatic carbocycles. The summed E-state index contributed by atoms with van der Waals surface area (Å²) in [4.78, 5) is 25.2. The minimum atomic E-state index is -4.53. The third kappa shape index (κ3) is 49.8. The van der Waals surface area contributed by atoms with Crippen molar-refractivity contribution in [2.75, 3.05) is 54.1 Å². The highest BCUT2D eigenvalue weighted by molar-refractivity contribution is 7.45. The van der Waals surface area contributed by atoms with E-state index in [4.69, 9.17) is 18.5 Å². The molecule has 0 saturated carbocycles. The molecule has 0 heterocycles. The highest BCUT2D eigenvalue weighted by Gasteiger charge is 2.20. The summed E-state index contributed by atoms with van der Waals surface area (Å²) in [5.41, 5.74) is 0. The molecule has 0 bridgehead atoms. The standard InChI is InChI=1S/C52H102NO7P/c1-6-8-10-12-14-16-18-20-22-23-24-25-26-27-28-29-30-31-32-33-35-37-39-41-43-45-52(54)60-51(50-59-61(55,56)58-48-46-53(3,4)5)49-57-47-44-42-40-38-36-34-21-19-17-15-13-11-9-7-2/h11,13,17,19,51H,6-10,12,14-16,18,20-50H2,1-5H3/b13-11-,19-17-. The van der Waals surface area contributed by atoms with E-state index in [2.05, 4.69) is 38.2 Å². The van der Waals surface area contributed by atoms with E-state index >= 15 is 0 Å². The minimum absolute atomic E-state index is 0.0260. The lowest BCUT2D eigenvalue weighted by Crippen LogP contribution is -2.37. The van der Waals surface area contributed by atoms with E-state index < -0.39 is 13.9 Å². The first-order chi connectivity index (χ1) is 29.6. The Morgan fingerprint density at radius 1 is 0.508 bits per heavy atom. The van der Waals surface area contributed by atoms with Crippen molar-refractivity contribution in [2.45, 2.75) is 251 Å².